The van der Waals surface area contributed by atoms with Gasteiger partial charge in [0, 0.05) is 38.4 Å². The van der Waals surface area contributed by atoms with Gasteiger partial charge in [0.05, 0.1) is 6.42 Å². The Kier molecular flexibility index (Phi) is 5.94. The standard InChI is InChI=1S/C18H32N2O3/c1-3-22-18(23-4-2)12-17(21)19-11-9-16-14(13-19)6-5-10-20(16)15-7-8-15/h14-16,18H,3-13H2,1-2H3. The van der Waals surface area contributed by atoms with E-state index >= 15 is 0 Å². The molecule has 5 nitrogen and oxygen atoms in total. The molecule has 1 saturated carbocycles. The molecule has 2 heterocycles. The van der Waals surface area contributed by atoms with E-state index in [0.717, 1.165) is 31.6 Å². The minimum Gasteiger partial charge on any atom is -0.352 e. The minimum absolute atomic E-state index is 0.193. The van der Waals surface area contributed by atoms with Crippen molar-refractivity contribution in [2.45, 2.75) is 70.7 Å². The zero-order valence-electron chi connectivity index (χ0n) is 14.7. The van der Waals surface area contributed by atoms with Crippen molar-refractivity contribution in [2.24, 2.45) is 5.92 Å². The van der Waals surface area contributed by atoms with E-state index in [1.54, 1.807) is 0 Å². The third-order valence-electron chi connectivity index (χ3n) is 5.53. The Hall–Kier alpha value is -0.650. The summed E-state index contributed by atoms with van der Waals surface area (Å²) in [6.07, 6.45) is 6.45. The number of piperidine rings is 2. The van der Waals surface area contributed by atoms with Crippen molar-refractivity contribution in [1.29, 1.82) is 0 Å². The summed E-state index contributed by atoms with van der Waals surface area (Å²) in [6, 6.07) is 1.57. The number of nitrogens with zero attached hydrogens (tertiary/aromatic N) is 2. The number of ether oxygens (including phenoxy) is 2. The molecule has 0 bridgehead atoms. The van der Waals surface area contributed by atoms with Crippen LogP contribution in [0, 0.1) is 5.92 Å². The van der Waals surface area contributed by atoms with Crippen molar-refractivity contribution in [3.8, 4) is 0 Å². The highest BCUT2D eigenvalue weighted by Gasteiger charge is 2.42. The fraction of sp³-hybridized carbons (Fsp3) is 0.944. The van der Waals surface area contributed by atoms with E-state index in [0.29, 0.717) is 25.6 Å². The Morgan fingerprint density at radius 2 is 1.83 bits per heavy atom. The molecule has 5 heteroatoms. The van der Waals surface area contributed by atoms with Gasteiger partial charge in [-0.3, -0.25) is 9.69 Å². The van der Waals surface area contributed by atoms with Crippen LogP contribution in [0.15, 0.2) is 0 Å². The maximum Gasteiger partial charge on any atom is 0.227 e. The summed E-state index contributed by atoms with van der Waals surface area (Å²) >= 11 is 0. The predicted molar refractivity (Wildman–Crippen MR) is 89.1 cm³/mol. The van der Waals surface area contributed by atoms with Crippen molar-refractivity contribution in [2.75, 3.05) is 32.8 Å². The van der Waals surface area contributed by atoms with E-state index in [1.165, 1.54) is 32.2 Å². The monoisotopic (exact) mass is 324 g/mol. The summed E-state index contributed by atoms with van der Waals surface area (Å²) in [5.74, 6) is 0.860. The van der Waals surface area contributed by atoms with E-state index < -0.39 is 0 Å². The van der Waals surface area contributed by atoms with Crippen LogP contribution in [0.25, 0.3) is 0 Å². The van der Waals surface area contributed by atoms with E-state index in [2.05, 4.69) is 9.80 Å². The Morgan fingerprint density at radius 3 is 2.48 bits per heavy atom. The Bertz CT molecular complexity index is 394. The van der Waals surface area contributed by atoms with Crippen molar-refractivity contribution in [1.82, 2.24) is 9.80 Å². The molecule has 0 radical (unpaired) electrons. The fourth-order valence-corrected chi connectivity index (χ4v) is 4.34. The first-order valence-electron chi connectivity index (χ1n) is 9.49. The van der Waals surface area contributed by atoms with Gasteiger partial charge in [0.15, 0.2) is 6.29 Å². The highest BCUT2D eigenvalue weighted by Crippen LogP contribution is 2.38. The molecule has 2 atom stereocenters. The lowest BCUT2D eigenvalue weighted by Crippen LogP contribution is -2.56. The molecule has 2 aliphatic heterocycles. The van der Waals surface area contributed by atoms with Gasteiger partial charge in [-0.05, 0) is 58.4 Å². The lowest BCUT2D eigenvalue weighted by molar-refractivity contribution is -0.161. The smallest absolute Gasteiger partial charge is 0.227 e. The number of fused-ring (bicyclic) bond motifs is 1. The molecule has 0 aromatic rings. The van der Waals surface area contributed by atoms with Gasteiger partial charge in [-0.15, -0.1) is 0 Å². The molecular weight excluding hydrogens is 292 g/mol. The first kappa shape index (κ1) is 17.2. The average Bonchev–Trinajstić information content (AvgIpc) is 3.39. The second-order valence-electron chi connectivity index (χ2n) is 7.11. The number of carbonyl (C=O) groups is 1. The molecule has 3 fully saturated rings. The maximum absolute atomic E-state index is 12.6. The number of amides is 1. The summed E-state index contributed by atoms with van der Waals surface area (Å²) in [4.78, 5) is 17.4. The normalized spacial score (nSPS) is 28.9. The summed E-state index contributed by atoms with van der Waals surface area (Å²) in [7, 11) is 0. The van der Waals surface area contributed by atoms with Crippen LogP contribution in [0.3, 0.4) is 0 Å². The number of hydrogen-bond donors (Lipinski definition) is 0. The number of rotatable bonds is 7. The van der Waals surface area contributed by atoms with Crippen LogP contribution in [-0.2, 0) is 14.3 Å². The van der Waals surface area contributed by atoms with Crippen molar-refractivity contribution < 1.29 is 14.3 Å². The summed E-state index contributed by atoms with van der Waals surface area (Å²) < 4.78 is 11.1. The molecular formula is C18H32N2O3. The molecule has 1 aliphatic carbocycles. The molecule has 2 saturated heterocycles. The Morgan fingerprint density at radius 1 is 1.09 bits per heavy atom. The summed E-state index contributed by atoms with van der Waals surface area (Å²) in [5, 5.41) is 0. The second-order valence-corrected chi connectivity index (χ2v) is 7.11. The molecule has 0 aromatic heterocycles. The lowest BCUT2D eigenvalue weighted by atomic mass is 9.83. The van der Waals surface area contributed by atoms with Gasteiger partial charge in [-0.1, -0.05) is 0 Å². The Labute approximate surface area is 140 Å². The van der Waals surface area contributed by atoms with Crippen molar-refractivity contribution in [3.05, 3.63) is 0 Å². The number of likely N-dealkylation sites (tertiary alicyclic amines) is 2. The molecule has 0 spiro atoms. The van der Waals surface area contributed by atoms with Gasteiger partial charge in [0.1, 0.15) is 0 Å². The highest BCUT2D eigenvalue weighted by molar-refractivity contribution is 5.76. The minimum atomic E-state index is -0.385. The summed E-state index contributed by atoms with van der Waals surface area (Å²) in [5.41, 5.74) is 0. The molecule has 0 N–H and O–H groups in total. The van der Waals surface area contributed by atoms with Crippen LogP contribution in [0.2, 0.25) is 0 Å². The van der Waals surface area contributed by atoms with Crippen LogP contribution in [0.1, 0.15) is 52.4 Å². The first-order chi connectivity index (χ1) is 11.2. The van der Waals surface area contributed by atoms with Crippen LogP contribution in [-0.4, -0.2) is 66.9 Å². The zero-order chi connectivity index (χ0) is 16.2. The number of carbonyl (C=O) groups excluding carboxylic acids is 1. The molecule has 2 unspecified atom stereocenters. The van der Waals surface area contributed by atoms with Gasteiger partial charge in [-0.25, -0.2) is 0 Å². The van der Waals surface area contributed by atoms with Gasteiger partial charge in [-0.2, -0.15) is 0 Å². The van der Waals surface area contributed by atoms with Gasteiger partial charge >= 0.3 is 0 Å². The first-order valence-corrected chi connectivity index (χ1v) is 9.49. The predicted octanol–water partition coefficient (Wildman–Crippen LogP) is 2.25. The van der Waals surface area contributed by atoms with Gasteiger partial charge in [0.25, 0.3) is 0 Å². The fourth-order valence-electron chi connectivity index (χ4n) is 4.34. The Balaban J connectivity index is 1.52. The van der Waals surface area contributed by atoms with Crippen LogP contribution in [0.4, 0.5) is 0 Å². The van der Waals surface area contributed by atoms with Crippen molar-refractivity contribution in [3.63, 3.8) is 0 Å². The average molecular weight is 324 g/mol. The van der Waals surface area contributed by atoms with Crippen molar-refractivity contribution >= 4 is 5.91 Å². The molecule has 3 aliphatic rings. The summed E-state index contributed by atoms with van der Waals surface area (Å²) in [6.45, 7) is 8.15. The topological polar surface area (TPSA) is 42.0 Å². The molecule has 23 heavy (non-hydrogen) atoms. The van der Waals surface area contributed by atoms with E-state index in [9.17, 15) is 4.79 Å². The number of hydrogen-bond acceptors (Lipinski definition) is 4. The molecule has 3 rings (SSSR count). The molecule has 132 valence electrons. The largest absolute Gasteiger partial charge is 0.352 e. The van der Waals surface area contributed by atoms with Crippen LogP contribution >= 0.6 is 0 Å². The van der Waals surface area contributed by atoms with Crippen LogP contribution < -0.4 is 0 Å². The second kappa shape index (κ2) is 7.95. The van der Waals surface area contributed by atoms with E-state index in [1.807, 2.05) is 13.8 Å². The quantitative estimate of drug-likeness (QED) is 0.674. The highest BCUT2D eigenvalue weighted by atomic mass is 16.7. The van der Waals surface area contributed by atoms with E-state index in [4.69, 9.17) is 9.47 Å². The molecule has 1 amide bonds. The van der Waals surface area contributed by atoms with Gasteiger partial charge in [0.2, 0.25) is 5.91 Å². The van der Waals surface area contributed by atoms with Crippen LogP contribution in [0.5, 0.6) is 0 Å². The SMILES string of the molecule is CCOC(CC(=O)N1CCC2C(CCCN2C2CC2)C1)OCC. The third kappa shape index (κ3) is 4.25. The van der Waals surface area contributed by atoms with Gasteiger partial charge < -0.3 is 14.4 Å². The lowest BCUT2D eigenvalue weighted by Gasteiger charge is -2.47. The molecule has 0 aromatic carbocycles. The third-order valence-corrected chi connectivity index (χ3v) is 5.53. The van der Waals surface area contributed by atoms with E-state index in [-0.39, 0.29) is 12.2 Å². The maximum atomic E-state index is 12.6. The zero-order valence-corrected chi connectivity index (χ0v) is 14.7.